The highest BCUT2D eigenvalue weighted by atomic mass is 32.2. The smallest absolute Gasteiger partial charge is 0.342 e. The maximum atomic E-state index is 12.3. The van der Waals surface area contributed by atoms with Crippen LogP contribution in [0.25, 0.3) is 0 Å². The lowest BCUT2D eigenvalue weighted by Gasteiger charge is -2.20. The highest BCUT2D eigenvalue weighted by Gasteiger charge is 2.29. The zero-order valence-electron chi connectivity index (χ0n) is 12.0. The van der Waals surface area contributed by atoms with Gasteiger partial charge in [-0.05, 0) is 20.1 Å². The van der Waals surface area contributed by atoms with Gasteiger partial charge in [-0.1, -0.05) is 0 Å². The number of hydrogen-bond donors (Lipinski definition) is 3. The van der Waals surface area contributed by atoms with Crippen molar-refractivity contribution >= 4 is 27.8 Å². The largest absolute Gasteiger partial charge is 0.462 e. The minimum absolute atomic E-state index is 0.131. The molecular formula is C11H19N3O5S2. The Morgan fingerprint density at radius 1 is 1.62 bits per heavy atom. The maximum Gasteiger partial charge on any atom is 0.342 e. The molecule has 1 aromatic heterocycles. The first-order valence-corrected chi connectivity index (χ1v) is 9.00. The molecule has 0 spiro atoms. The number of nitrogens with one attached hydrogen (secondary N) is 2. The molecular weight excluding hydrogens is 318 g/mol. The van der Waals surface area contributed by atoms with Gasteiger partial charge in [0.05, 0.1) is 19.4 Å². The van der Waals surface area contributed by atoms with Crippen molar-refractivity contribution in [1.82, 2.24) is 14.9 Å². The van der Waals surface area contributed by atoms with Crippen LogP contribution in [-0.2, 0) is 14.8 Å². The van der Waals surface area contributed by atoms with Gasteiger partial charge < -0.3 is 9.84 Å². The standard InChI is InChI=1S/C11H19N3O5S2/c1-4-19-11(16)8-5-12-13-10(8)21(17,18)14-7(2)9(6-15)20-3/h5,7,9,14-15H,4,6H2,1-3H3,(H,12,13). The van der Waals surface area contributed by atoms with Crippen molar-refractivity contribution in [1.29, 1.82) is 0 Å². The second-order valence-corrected chi connectivity index (χ2v) is 6.93. The van der Waals surface area contributed by atoms with Gasteiger partial charge in [-0.25, -0.2) is 17.9 Å². The van der Waals surface area contributed by atoms with Crippen LogP contribution in [0.15, 0.2) is 11.2 Å². The van der Waals surface area contributed by atoms with Crippen LogP contribution in [-0.4, -0.2) is 60.5 Å². The van der Waals surface area contributed by atoms with Gasteiger partial charge in [-0.15, -0.1) is 0 Å². The second-order valence-electron chi connectivity index (χ2n) is 4.20. The Bertz CT molecular complexity index is 568. The molecule has 0 bridgehead atoms. The molecule has 0 aromatic carbocycles. The first-order valence-electron chi connectivity index (χ1n) is 6.23. The number of rotatable bonds is 8. The summed E-state index contributed by atoms with van der Waals surface area (Å²) in [6, 6.07) is -0.520. The van der Waals surface area contributed by atoms with E-state index in [0.717, 1.165) is 6.20 Å². The van der Waals surface area contributed by atoms with Crippen LogP contribution in [0.1, 0.15) is 24.2 Å². The van der Waals surface area contributed by atoms with Crippen LogP contribution in [0.4, 0.5) is 0 Å². The lowest BCUT2D eigenvalue weighted by molar-refractivity contribution is 0.0521. The lowest BCUT2D eigenvalue weighted by atomic mass is 10.3. The Morgan fingerprint density at radius 2 is 2.29 bits per heavy atom. The number of aromatic nitrogens is 2. The van der Waals surface area contributed by atoms with Crippen molar-refractivity contribution in [3.63, 3.8) is 0 Å². The van der Waals surface area contributed by atoms with E-state index in [1.54, 1.807) is 20.1 Å². The van der Waals surface area contributed by atoms with Crippen molar-refractivity contribution in [3.05, 3.63) is 11.8 Å². The van der Waals surface area contributed by atoms with Gasteiger partial charge >= 0.3 is 5.97 Å². The Kier molecular flexibility index (Phi) is 6.65. The van der Waals surface area contributed by atoms with E-state index in [2.05, 4.69) is 14.9 Å². The molecule has 21 heavy (non-hydrogen) atoms. The van der Waals surface area contributed by atoms with E-state index in [1.165, 1.54) is 11.8 Å². The highest BCUT2D eigenvalue weighted by molar-refractivity contribution is 7.99. The summed E-state index contributed by atoms with van der Waals surface area (Å²) >= 11 is 1.34. The van der Waals surface area contributed by atoms with Gasteiger partial charge in [0.25, 0.3) is 10.0 Å². The van der Waals surface area contributed by atoms with Gasteiger partial charge in [-0.2, -0.15) is 16.9 Å². The van der Waals surface area contributed by atoms with Gasteiger partial charge in [0.2, 0.25) is 0 Å². The Balaban J connectivity index is 2.99. The summed E-state index contributed by atoms with van der Waals surface area (Å²) in [6.07, 6.45) is 2.88. The normalized spacial score (nSPS) is 14.7. The van der Waals surface area contributed by atoms with Crippen LogP contribution in [0.2, 0.25) is 0 Å². The number of esters is 1. The molecule has 1 rings (SSSR count). The second kappa shape index (κ2) is 7.78. The zero-order chi connectivity index (χ0) is 16.0. The van der Waals surface area contributed by atoms with Crippen LogP contribution in [0.5, 0.6) is 0 Å². The number of ether oxygens (including phenoxy) is 1. The van der Waals surface area contributed by atoms with Crippen LogP contribution in [0.3, 0.4) is 0 Å². The monoisotopic (exact) mass is 337 g/mol. The molecule has 3 N–H and O–H groups in total. The van der Waals surface area contributed by atoms with E-state index in [9.17, 15) is 18.3 Å². The Hall–Kier alpha value is -1.10. The molecule has 2 atom stereocenters. The SMILES string of the molecule is CCOC(=O)c1cn[nH]c1S(=O)(=O)NC(C)C(CO)SC. The third kappa shape index (κ3) is 4.43. The number of carbonyl (C=O) groups excluding carboxylic acids is 1. The minimum Gasteiger partial charge on any atom is -0.462 e. The number of hydrogen-bond acceptors (Lipinski definition) is 7. The van der Waals surface area contributed by atoms with E-state index >= 15 is 0 Å². The number of thioether (sulfide) groups is 1. The third-order valence-corrected chi connectivity index (χ3v) is 5.44. The van der Waals surface area contributed by atoms with Crippen molar-refractivity contribution in [3.8, 4) is 0 Å². The van der Waals surface area contributed by atoms with Gasteiger partial charge in [0.15, 0.2) is 5.03 Å². The minimum atomic E-state index is -3.97. The van der Waals surface area contributed by atoms with E-state index in [4.69, 9.17) is 4.74 Å². The van der Waals surface area contributed by atoms with E-state index in [0.29, 0.717) is 0 Å². The molecule has 0 saturated heterocycles. The number of H-pyrrole nitrogens is 1. The molecule has 0 aliphatic rings. The molecule has 1 aromatic rings. The predicted octanol–water partition coefficient (Wildman–Crippen LogP) is -0.0229. The summed E-state index contributed by atoms with van der Waals surface area (Å²) in [4.78, 5) is 11.7. The summed E-state index contributed by atoms with van der Waals surface area (Å²) in [7, 11) is -3.97. The van der Waals surface area contributed by atoms with E-state index < -0.39 is 22.0 Å². The molecule has 8 nitrogen and oxygen atoms in total. The lowest BCUT2D eigenvalue weighted by Crippen LogP contribution is -2.41. The molecule has 0 amide bonds. The van der Waals surface area contributed by atoms with Crippen molar-refractivity contribution in [2.75, 3.05) is 19.5 Å². The Labute approximate surface area is 127 Å². The first-order chi connectivity index (χ1) is 9.87. The van der Waals surface area contributed by atoms with Crippen molar-refractivity contribution < 1.29 is 23.1 Å². The summed E-state index contributed by atoms with van der Waals surface area (Å²) in [6.45, 7) is 3.22. The number of aromatic amines is 1. The molecule has 0 fully saturated rings. The zero-order valence-corrected chi connectivity index (χ0v) is 13.6. The van der Waals surface area contributed by atoms with E-state index in [-0.39, 0.29) is 29.1 Å². The van der Waals surface area contributed by atoms with Gasteiger partial charge in [-0.3, -0.25) is 5.10 Å². The first kappa shape index (κ1) is 18.0. The topological polar surface area (TPSA) is 121 Å². The Morgan fingerprint density at radius 3 is 2.81 bits per heavy atom. The predicted molar refractivity (Wildman–Crippen MR) is 78.7 cm³/mol. The molecule has 1 heterocycles. The highest BCUT2D eigenvalue weighted by Crippen LogP contribution is 2.16. The molecule has 10 heteroatoms. The quantitative estimate of drug-likeness (QED) is 0.570. The average molecular weight is 337 g/mol. The fourth-order valence-electron chi connectivity index (χ4n) is 1.65. The summed E-state index contributed by atoms with van der Waals surface area (Å²) < 4.78 is 31.8. The third-order valence-electron chi connectivity index (χ3n) is 2.75. The molecule has 0 aliphatic heterocycles. The fraction of sp³-hybridized carbons (Fsp3) is 0.636. The van der Waals surface area contributed by atoms with Gasteiger partial charge in [0.1, 0.15) is 5.56 Å². The summed E-state index contributed by atoms with van der Waals surface area (Å²) in [5.41, 5.74) is -0.152. The number of aliphatic hydroxyl groups excluding tert-OH is 1. The summed E-state index contributed by atoms with van der Waals surface area (Å²) in [5.74, 6) is -0.761. The number of aliphatic hydroxyl groups is 1. The maximum absolute atomic E-state index is 12.3. The van der Waals surface area contributed by atoms with E-state index in [1.807, 2.05) is 0 Å². The fourth-order valence-corrected chi connectivity index (χ4v) is 3.73. The van der Waals surface area contributed by atoms with Crippen LogP contribution >= 0.6 is 11.8 Å². The molecule has 0 radical (unpaired) electrons. The molecule has 0 aliphatic carbocycles. The molecule has 120 valence electrons. The van der Waals surface area contributed by atoms with Gasteiger partial charge in [0, 0.05) is 11.3 Å². The number of sulfonamides is 1. The van der Waals surface area contributed by atoms with Crippen molar-refractivity contribution in [2.45, 2.75) is 30.2 Å². The number of carbonyl (C=O) groups is 1. The van der Waals surface area contributed by atoms with Crippen LogP contribution < -0.4 is 4.72 Å². The number of nitrogens with zero attached hydrogens (tertiary/aromatic N) is 1. The van der Waals surface area contributed by atoms with Crippen LogP contribution in [0, 0.1) is 0 Å². The summed E-state index contributed by atoms with van der Waals surface area (Å²) in [5, 5.41) is 14.4. The molecule has 2 unspecified atom stereocenters. The molecule has 0 saturated carbocycles. The van der Waals surface area contributed by atoms with Crippen molar-refractivity contribution in [2.24, 2.45) is 0 Å². The average Bonchev–Trinajstić information content (AvgIpc) is 2.90.